The molecule has 2 aliphatic heterocycles. The van der Waals surface area contributed by atoms with Gasteiger partial charge in [0.25, 0.3) is 5.91 Å². The molecule has 1 aliphatic carbocycles. The van der Waals surface area contributed by atoms with Crippen molar-refractivity contribution in [1.29, 1.82) is 0 Å². The van der Waals surface area contributed by atoms with Gasteiger partial charge in [0.15, 0.2) is 0 Å². The van der Waals surface area contributed by atoms with Gasteiger partial charge in [0.2, 0.25) is 10.0 Å². The second-order valence-electron chi connectivity index (χ2n) is 9.44. The van der Waals surface area contributed by atoms with Crippen LogP contribution in [0.3, 0.4) is 0 Å². The Balaban J connectivity index is 1.44. The maximum absolute atomic E-state index is 13.4. The van der Waals surface area contributed by atoms with E-state index in [1.807, 2.05) is 11.8 Å². The quantitative estimate of drug-likeness (QED) is 0.672. The molecule has 0 N–H and O–H groups in total. The van der Waals surface area contributed by atoms with Crippen molar-refractivity contribution in [2.75, 3.05) is 59.0 Å². The summed E-state index contributed by atoms with van der Waals surface area (Å²) in [6.07, 6.45) is 7.71. The molecule has 0 bridgehead atoms. The molecule has 2 heterocycles. The number of hydrogen-bond donors (Lipinski definition) is 0. The highest BCUT2D eigenvalue weighted by Crippen LogP contribution is 2.25. The van der Waals surface area contributed by atoms with Gasteiger partial charge >= 0.3 is 0 Å². The van der Waals surface area contributed by atoms with Crippen LogP contribution in [0.5, 0.6) is 0 Å². The van der Waals surface area contributed by atoms with E-state index < -0.39 is 10.0 Å². The van der Waals surface area contributed by atoms with Gasteiger partial charge in [-0.2, -0.15) is 4.31 Å². The molecule has 0 radical (unpaired) electrons. The zero-order valence-corrected chi connectivity index (χ0v) is 20.1. The van der Waals surface area contributed by atoms with E-state index in [1.165, 1.54) is 36.4 Å². The zero-order chi connectivity index (χ0) is 22.6. The predicted molar refractivity (Wildman–Crippen MR) is 124 cm³/mol. The molecule has 3 fully saturated rings. The van der Waals surface area contributed by atoms with Crippen LogP contribution in [0.25, 0.3) is 0 Å². The average Bonchev–Trinajstić information content (AvgIpc) is 3.05. The summed E-state index contributed by atoms with van der Waals surface area (Å²) in [7, 11) is -3.62. The number of carbonyl (C=O) groups is 1. The summed E-state index contributed by atoms with van der Waals surface area (Å²) < 4.78 is 32.9. The Bertz CT molecular complexity index is 893. The van der Waals surface area contributed by atoms with Gasteiger partial charge in [-0.3, -0.25) is 4.79 Å². The van der Waals surface area contributed by atoms with Crippen molar-refractivity contribution >= 4 is 15.9 Å². The number of morpholine rings is 1. The van der Waals surface area contributed by atoms with Crippen LogP contribution in [0.4, 0.5) is 0 Å². The van der Waals surface area contributed by atoms with Gasteiger partial charge in [-0.15, -0.1) is 0 Å². The van der Waals surface area contributed by atoms with E-state index in [9.17, 15) is 13.2 Å². The number of ether oxygens (including phenoxy) is 1. The Labute approximate surface area is 192 Å². The number of rotatable bonds is 5. The van der Waals surface area contributed by atoms with Crippen molar-refractivity contribution < 1.29 is 17.9 Å². The Morgan fingerprint density at radius 3 is 2.47 bits per heavy atom. The first-order chi connectivity index (χ1) is 15.4. The Hall–Kier alpha value is -1.48. The Morgan fingerprint density at radius 1 is 0.969 bits per heavy atom. The molecular weight excluding hydrogens is 426 g/mol. The number of aryl methyl sites for hydroxylation is 1. The molecule has 1 aromatic rings. The zero-order valence-electron chi connectivity index (χ0n) is 19.3. The van der Waals surface area contributed by atoms with E-state index in [-0.39, 0.29) is 10.8 Å². The minimum Gasteiger partial charge on any atom is -0.379 e. The van der Waals surface area contributed by atoms with Gasteiger partial charge in [-0.25, -0.2) is 8.42 Å². The molecule has 2 saturated heterocycles. The van der Waals surface area contributed by atoms with Crippen LogP contribution in [0.1, 0.15) is 54.4 Å². The van der Waals surface area contributed by atoms with Crippen molar-refractivity contribution in [1.82, 2.24) is 14.1 Å². The maximum Gasteiger partial charge on any atom is 0.254 e. The second kappa shape index (κ2) is 10.6. The summed E-state index contributed by atoms with van der Waals surface area (Å²) in [5.41, 5.74) is 1.32. The smallest absolute Gasteiger partial charge is 0.254 e. The lowest BCUT2D eigenvalue weighted by molar-refractivity contribution is 0.0729. The lowest BCUT2D eigenvalue weighted by atomic mass is 9.89. The van der Waals surface area contributed by atoms with Crippen molar-refractivity contribution in [2.24, 2.45) is 5.92 Å². The SMILES string of the molecule is Cc1ccc(S(=O)(=O)N2CCOCC2)cc1C(=O)N1CCCN(CC2CCCCC2)CC1. The Kier molecular flexibility index (Phi) is 7.87. The summed E-state index contributed by atoms with van der Waals surface area (Å²) in [6, 6.07) is 4.95. The fourth-order valence-corrected chi connectivity index (χ4v) is 6.62. The molecular formula is C24H37N3O4S. The molecule has 0 atom stereocenters. The van der Waals surface area contributed by atoms with E-state index in [4.69, 9.17) is 4.74 Å². The molecule has 7 nitrogen and oxygen atoms in total. The molecule has 1 saturated carbocycles. The topological polar surface area (TPSA) is 70.2 Å². The van der Waals surface area contributed by atoms with Crippen LogP contribution >= 0.6 is 0 Å². The third-order valence-corrected chi connectivity index (χ3v) is 9.06. The number of benzene rings is 1. The third-order valence-electron chi connectivity index (χ3n) is 7.16. The normalized spacial score (nSPS) is 22.6. The van der Waals surface area contributed by atoms with Gasteiger partial charge in [0, 0.05) is 44.8 Å². The van der Waals surface area contributed by atoms with Gasteiger partial charge in [0.05, 0.1) is 18.1 Å². The van der Waals surface area contributed by atoms with Crippen LogP contribution in [0, 0.1) is 12.8 Å². The van der Waals surface area contributed by atoms with E-state index in [0.717, 1.165) is 44.1 Å². The standard InChI is InChI=1S/C24H37N3O4S/c1-20-8-9-22(32(29,30)27-14-16-31-17-15-27)18-23(20)24(28)26-11-5-10-25(12-13-26)19-21-6-3-2-4-7-21/h8-9,18,21H,2-7,10-17,19H2,1H3. The first-order valence-corrected chi connectivity index (χ1v) is 13.6. The molecule has 32 heavy (non-hydrogen) atoms. The molecule has 1 aromatic carbocycles. The summed E-state index contributed by atoms with van der Waals surface area (Å²) in [4.78, 5) is 18.0. The van der Waals surface area contributed by atoms with Gasteiger partial charge in [-0.1, -0.05) is 25.3 Å². The van der Waals surface area contributed by atoms with Crippen LogP contribution < -0.4 is 0 Å². The van der Waals surface area contributed by atoms with Crippen molar-refractivity contribution in [2.45, 2.75) is 50.3 Å². The second-order valence-corrected chi connectivity index (χ2v) is 11.4. The lowest BCUT2D eigenvalue weighted by Crippen LogP contribution is -2.40. The van der Waals surface area contributed by atoms with E-state index in [0.29, 0.717) is 38.4 Å². The monoisotopic (exact) mass is 463 g/mol. The molecule has 4 rings (SSSR count). The Morgan fingerprint density at radius 2 is 1.72 bits per heavy atom. The number of amides is 1. The maximum atomic E-state index is 13.4. The minimum absolute atomic E-state index is 0.0546. The van der Waals surface area contributed by atoms with Gasteiger partial charge < -0.3 is 14.5 Å². The number of sulfonamides is 1. The van der Waals surface area contributed by atoms with Crippen LogP contribution in [0.15, 0.2) is 23.1 Å². The summed E-state index contributed by atoms with van der Waals surface area (Å²) >= 11 is 0. The highest BCUT2D eigenvalue weighted by Gasteiger charge is 2.29. The first-order valence-electron chi connectivity index (χ1n) is 12.2. The highest BCUT2D eigenvalue weighted by atomic mass is 32.2. The van der Waals surface area contributed by atoms with E-state index in [2.05, 4.69) is 4.90 Å². The van der Waals surface area contributed by atoms with Crippen LogP contribution in [-0.4, -0.2) is 87.5 Å². The molecule has 0 spiro atoms. The van der Waals surface area contributed by atoms with Gasteiger partial charge in [0.1, 0.15) is 0 Å². The molecule has 3 aliphatic rings. The van der Waals surface area contributed by atoms with E-state index in [1.54, 1.807) is 18.2 Å². The molecule has 0 unspecified atom stereocenters. The molecule has 178 valence electrons. The minimum atomic E-state index is -3.62. The summed E-state index contributed by atoms with van der Waals surface area (Å²) in [5.74, 6) is 0.747. The van der Waals surface area contributed by atoms with E-state index >= 15 is 0 Å². The lowest BCUT2D eigenvalue weighted by Gasteiger charge is -2.29. The molecule has 8 heteroatoms. The first kappa shape index (κ1) is 23.7. The van der Waals surface area contributed by atoms with Gasteiger partial charge in [-0.05, 0) is 56.3 Å². The number of nitrogens with zero attached hydrogens (tertiary/aromatic N) is 3. The molecule has 0 aromatic heterocycles. The summed E-state index contributed by atoms with van der Waals surface area (Å²) in [5, 5.41) is 0. The predicted octanol–water partition coefficient (Wildman–Crippen LogP) is 2.74. The fraction of sp³-hybridized carbons (Fsp3) is 0.708. The third kappa shape index (κ3) is 5.53. The van der Waals surface area contributed by atoms with Crippen LogP contribution in [0.2, 0.25) is 0 Å². The largest absolute Gasteiger partial charge is 0.379 e. The summed E-state index contributed by atoms with van der Waals surface area (Å²) in [6.45, 7) is 7.89. The van der Waals surface area contributed by atoms with Crippen molar-refractivity contribution in [3.8, 4) is 0 Å². The number of hydrogen-bond acceptors (Lipinski definition) is 5. The molecule has 1 amide bonds. The highest BCUT2D eigenvalue weighted by molar-refractivity contribution is 7.89. The van der Waals surface area contributed by atoms with Crippen molar-refractivity contribution in [3.63, 3.8) is 0 Å². The fourth-order valence-electron chi connectivity index (χ4n) is 5.19. The van der Waals surface area contributed by atoms with Crippen molar-refractivity contribution in [3.05, 3.63) is 29.3 Å². The average molecular weight is 464 g/mol. The van der Waals surface area contributed by atoms with Crippen LogP contribution in [-0.2, 0) is 14.8 Å². The number of carbonyl (C=O) groups excluding carboxylic acids is 1.